The van der Waals surface area contributed by atoms with E-state index in [-0.39, 0.29) is 10.7 Å². The van der Waals surface area contributed by atoms with Crippen LogP contribution < -0.4 is 4.90 Å². The third kappa shape index (κ3) is 4.70. The van der Waals surface area contributed by atoms with Gasteiger partial charge in [-0.05, 0) is 56.6 Å². The van der Waals surface area contributed by atoms with Gasteiger partial charge < -0.3 is 9.16 Å². The van der Waals surface area contributed by atoms with Crippen molar-refractivity contribution in [2.75, 3.05) is 31.1 Å². The minimum Gasteiger partial charge on any atom is -0.417 e. The third-order valence-corrected chi connectivity index (χ3v) is 13.3. The van der Waals surface area contributed by atoms with E-state index in [1.807, 2.05) is 13.8 Å². The van der Waals surface area contributed by atoms with Crippen molar-refractivity contribution in [1.29, 1.82) is 5.26 Å². The summed E-state index contributed by atoms with van der Waals surface area (Å²) in [5.41, 5.74) is -3.83. The van der Waals surface area contributed by atoms with E-state index < -0.39 is 60.5 Å². The highest BCUT2D eigenvalue weighted by molar-refractivity contribution is 6.74. The minimum atomic E-state index is -4.80. The summed E-state index contributed by atoms with van der Waals surface area (Å²) < 4.78 is 53.3. The molecule has 4 rings (SSSR count). The molecule has 38 heavy (non-hydrogen) atoms. The van der Waals surface area contributed by atoms with Gasteiger partial charge in [0.05, 0.1) is 45.9 Å². The van der Waals surface area contributed by atoms with Crippen molar-refractivity contribution in [3.8, 4) is 6.07 Å². The number of morpholine rings is 1. The zero-order chi connectivity index (χ0) is 28.5. The maximum Gasteiger partial charge on any atom is 0.417 e. The molecule has 1 unspecified atom stereocenters. The fourth-order valence-corrected chi connectivity index (χ4v) is 7.10. The van der Waals surface area contributed by atoms with Gasteiger partial charge in [0, 0.05) is 26.2 Å². The molecule has 0 aromatic heterocycles. The van der Waals surface area contributed by atoms with E-state index in [1.54, 1.807) is 0 Å². The van der Waals surface area contributed by atoms with Crippen LogP contribution in [0.2, 0.25) is 18.1 Å². The van der Waals surface area contributed by atoms with Crippen LogP contribution in [-0.2, 0) is 24.9 Å². The van der Waals surface area contributed by atoms with E-state index in [0.717, 1.165) is 23.9 Å². The molecular formula is C27H36F3N3O4Si. The Balaban J connectivity index is 1.52. The summed E-state index contributed by atoms with van der Waals surface area (Å²) in [4.78, 5) is 30.3. The van der Waals surface area contributed by atoms with Crippen LogP contribution in [0.5, 0.6) is 0 Å². The fraction of sp³-hybridized carbons (Fsp3) is 0.667. The molecule has 3 heterocycles. The number of ether oxygens (including phenoxy) is 1. The molecule has 3 fully saturated rings. The monoisotopic (exact) mass is 551 g/mol. The summed E-state index contributed by atoms with van der Waals surface area (Å²) in [6, 6.07) is 4.46. The number of likely N-dealkylation sites (tertiary alicyclic amines) is 1. The molecule has 11 heteroatoms. The Morgan fingerprint density at radius 2 is 1.66 bits per heavy atom. The van der Waals surface area contributed by atoms with Gasteiger partial charge in [-0.25, -0.2) is 4.90 Å². The van der Waals surface area contributed by atoms with Gasteiger partial charge in [0.25, 0.3) is 0 Å². The van der Waals surface area contributed by atoms with E-state index in [0.29, 0.717) is 25.8 Å². The van der Waals surface area contributed by atoms with Crippen LogP contribution in [0.25, 0.3) is 0 Å². The Morgan fingerprint density at radius 1 is 1.11 bits per heavy atom. The summed E-state index contributed by atoms with van der Waals surface area (Å²) >= 11 is 0. The van der Waals surface area contributed by atoms with Gasteiger partial charge in [0.15, 0.2) is 8.32 Å². The molecule has 4 atom stereocenters. The lowest BCUT2D eigenvalue weighted by Gasteiger charge is -2.45. The number of anilines is 1. The highest BCUT2D eigenvalue weighted by atomic mass is 28.4. The maximum atomic E-state index is 13.6. The topological polar surface area (TPSA) is 82.9 Å². The molecule has 1 aromatic rings. The summed E-state index contributed by atoms with van der Waals surface area (Å²) in [5.74, 6) is -2.74. The number of hydrogen-bond acceptors (Lipinski definition) is 6. The number of carbonyl (C=O) groups is 2. The van der Waals surface area contributed by atoms with Gasteiger partial charge in [0.1, 0.15) is 0 Å². The van der Waals surface area contributed by atoms with Crippen molar-refractivity contribution in [2.24, 2.45) is 11.8 Å². The van der Waals surface area contributed by atoms with E-state index in [9.17, 15) is 22.8 Å². The van der Waals surface area contributed by atoms with E-state index in [1.165, 1.54) is 12.1 Å². The number of nitriles is 1. The number of amides is 2. The molecule has 0 saturated carbocycles. The van der Waals surface area contributed by atoms with E-state index >= 15 is 0 Å². The molecule has 3 aliphatic heterocycles. The number of nitrogens with zero attached hydrogens (tertiary/aromatic N) is 3. The molecule has 7 nitrogen and oxygen atoms in total. The lowest BCUT2D eigenvalue weighted by atomic mass is 9.79. The molecule has 0 spiro atoms. The zero-order valence-electron chi connectivity index (χ0n) is 23.0. The first-order chi connectivity index (χ1) is 17.3. The summed E-state index contributed by atoms with van der Waals surface area (Å²) in [5, 5.41) is 9.22. The van der Waals surface area contributed by atoms with Crippen LogP contribution in [0.1, 0.15) is 52.2 Å². The van der Waals surface area contributed by atoms with Crippen molar-refractivity contribution in [3.05, 3.63) is 29.3 Å². The standard InChI is InChI=1S/C27H36F3N3O4Si/c1-24(2,3)38(6,7)36-12-8-11-32-15-25(4)20-21(26(5,16-32)37-25)23(35)33(22(20)34)18-10-9-17(14-31)19(13-18)27(28,29)30/h9-10,13,20-21H,8,11-12,15-16H2,1-7H3/t20-,21?,25+,26-/m0/s1. The Morgan fingerprint density at radius 3 is 2.13 bits per heavy atom. The van der Waals surface area contributed by atoms with E-state index in [4.69, 9.17) is 14.4 Å². The van der Waals surface area contributed by atoms with Crippen LogP contribution in [0.4, 0.5) is 18.9 Å². The average Bonchev–Trinajstić information content (AvgIpc) is 3.15. The van der Waals surface area contributed by atoms with Gasteiger partial charge in [-0.15, -0.1) is 0 Å². The second-order valence-corrected chi connectivity index (χ2v) is 17.5. The van der Waals surface area contributed by atoms with Gasteiger partial charge in [-0.3, -0.25) is 14.5 Å². The van der Waals surface area contributed by atoms with Crippen molar-refractivity contribution in [1.82, 2.24) is 4.90 Å². The number of alkyl halides is 3. The number of fused-ring (bicyclic) bond motifs is 5. The van der Waals surface area contributed by atoms with Crippen molar-refractivity contribution >= 4 is 25.8 Å². The smallest absolute Gasteiger partial charge is 0.417 e. The molecule has 3 aliphatic rings. The highest BCUT2D eigenvalue weighted by Gasteiger charge is 2.71. The fourth-order valence-electron chi connectivity index (χ4n) is 6.01. The van der Waals surface area contributed by atoms with Crippen LogP contribution >= 0.6 is 0 Å². The number of halogens is 3. The van der Waals surface area contributed by atoms with Crippen molar-refractivity contribution in [2.45, 2.75) is 76.6 Å². The first-order valence-electron chi connectivity index (χ1n) is 12.9. The Bertz CT molecular complexity index is 1160. The van der Waals surface area contributed by atoms with Crippen LogP contribution in [0.3, 0.4) is 0 Å². The first kappa shape index (κ1) is 28.7. The first-order valence-corrected chi connectivity index (χ1v) is 15.8. The number of carbonyl (C=O) groups excluding carboxylic acids is 2. The van der Waals surface area contributed by atoms with Gasteiger partial charge >= 0.3 is 6.18 Å². The van der Waals surface area contributed by atoms with Gasteiger partial charge in [0.2, 0.25) is 11.8 Å². The van der Waals surface area contributed by atoms with Crippen LogP contribution in [0, 0.1) is 23.2 Å². The van der Waals surface area contributed by atoms with Crippen LogP contribution in [0.15, 0.2) is 18.2 Å². The molecule has 1 aromatic carbocycles. The highest BCUT2D eigenvalue weighted by Crippen LogP contribution is 2.55. The number of benzene rings is 1. The lowest BCUT2D eigenvalue weighted by Crippen LogP contribution is -2.58. The molecule has 0 N–H and O–H groups in total. The second-order valence-electron chi connectivity index (χ2n) is 12.7. The normalized spacial score (nSPS) is 30.1. The quantitative estimate of drug-likeness (QED) is 0.283. The summed E-state index contributed by atoms with van der Waals surface area (Å²) in [6.45, 7) is 16.8. The predicted molar refractivity (Wildman–Crippen MR) is 138 cm³/mol. The Labute approximate surface area is 223 Å². The molecule has 3 saturated heterocycles. The number of hydrogen-bond donors (Lipinski definition) is 0. The molecule has 0 aliphatic carbocycles. The second kappa shape index (κ2) is 9.15. The number of imide groups is 1. The largest absolute Gasteiger partial charge is 0.417 e. The Hall–Kier alpha value is -2.26. The summed E-state index contributed by atoms with van der Waals surface area (Å²) in [6.07, 6.45) is -4.00. The average molecular weight is 552 g/mol. The van der Waals surface area contributed by atoms with Gasteiger partial charge in [-0.1, -0.05) is 20.8 Å². The zero-order valence-corrected chi connectivity index (χ0v) is 24.0. The minimum absolute atomic E-state index is 0.117. The van der Waals surface area contributed by atoms with Crippen molar-refractivity contribution in [3.63, 3.8) is 0 Å². The lowest BCUT2D eigenvalue weighted by molar-refractivity contribution is -0.169. The molecule has 0 radical (unpaired) electrons. The van der Waals surface area contributed by atoms with Crippen molar-refractivity contribution < 1.29 is 31.9 Å². The molecule has 2 amide bonds. The molecular weight excluding hydrogens is 515 g/mol. The SMILES string of the molecule is CC(C)(C)[Si](C)(C)OCCCN1C[C@@]2(C)O[C@@](C)(C1)C1C(=O)N(c3ccc(C#N)c(C(F)(F)F)c3)C(=O)[C@H]12. The molecule has 208 valence electrons. The third-order valence-electron chi connectivity index (χ3n) is 8.74. The van der Waals surface area contributed by atoms with Crippen LogP contribution in [-0.4, -0.2) is 62.5 Å². The molecule has 2 bridgehead atoms. The summed E-state index contributed by atoms with van der Waals surface area (Å²) in [7, 11) is -1.86. The number of rotatable bonds is 6. The van der Waals surface area contributed by atoms with Gasteiger partial charge in [-0.2, -0.15) is 18.4 Å². The Kier molecular flexibility index (Phi) is 6.92. The van der Waals surface area contributed by atoms with E-state index in [2.05, 4.69) is 38.8 Å². The maximum absolute atomic E-state index is 13.6. The predicted octanol–water partition coefficient (Wildman–Crippen LogP) is 4.96.